The van der Waals surface area contributed by atoms with Crippen molar-refractivity contribution in [2.45, 2.75) is 25.6 Å². The zero-order valence-corrected chi connectivity index (χ0v) is 7.79. The number of hydrogen-bond acceptors (Lipinski definition) is 2. The summed E-state index contributed by atoms with van der Waals surface area (Å²) in [4.78, 5) is 11.1. The largest absolute Gasteiger partial charge is 0.355 e. The van der Waals surface area contributed by atoms with Crippen molar-refractivity contribution in [2.24, 2.45) is 0 Å². The molecule has 0 aromatic carbocycles. The van der Waals surface area contributed by atoms with E-state index in [1.54, 1.807) is 0 Å². The Morgan fingerprint density at radius 1 is 1.75 bits per heavy atom. The third-order valence-electron chi connectivity index (χ3n) is 1.74. The van der Waals surface area contributed by atoms with Crippen LogP contribution in [0.15, 0.2) is 0 Å². The van der Waals surface area contributed by atoms with Crippen LogP contribution in [0.3, 0.4) is 0 Å². The Balaban J connectivity index is 0.00000121. The molecule has 0 saturated carbocycles. The molecule has 0 aliphatic carbocycles. The molecule has 1 amide bonds. The van der Waals surface area contributed by atoms with Crippen molar-refractivity contribution in [2.75, 3.05) is 13.1 Å². The van der Waals surface area contributed by atoms with E-state index in [1.165, 1.54) is 0 Å². The first-order valence-corrected chi connectivity index (χ1v) is 3.89. The van der Waals surface area contributed by atoms with Crippen LogP contribution in [0.25, 0.3) is 0 Å². The molecule has 0 unspecified atom stereocenters. The van der Waals surface area contributed by atoms with Crippen molar-refractivity contribution in [3.8, 4) is 0 Å². The average Bonchev–Trinajstić information content (AvgIpc) is 2.36. The van der Waals surface area contributed by atoms with Crippen molar-refractivity contribution < 1.29 is 9.18 Å². The monoisotopic (exact) mass is 196 g/mol. The summed E-state index contributed by atoms with van der Waals surface area (Å²) in [6.07, 6.45) is -0.547. The quantitative estimate of drug-likeness (QED) is 0.665. The molecular weight excluding hydrogens is 183 g/mol. The van der Waals surface area contributed by atoms with Gasteiger partial charge >= 0.3 is 0 Å². The van der Waals surface area contributed by atoms with Gasteiger partial charge in [0.2, 0.25) is 5.91 Å². The Hall–Kier alpha value is -0.350. The molecule has 1 aliphatic rings. The molecule has 12 heavy (non-hydrogen) atoms. The summed E-state index contributed by atoms with van der Waals surface area (Å²) in [5.74, 6) is -0.0901. The maximum atomic E-state index is 12.5. The number of halogens is 2. The van der Waals surface area contributed by atoms with Gasteiger partial charge in [-0.1, -0.05) is 0 Å². The van der Waals surface area contributed by atoms with Crippen molar-refractivity contribution in [3.05, 3.63) is 0 Å². The molecule has 1 heterocycles. The average molecular weight is 197 g/mol. The van der Waals surface area contributed by atoms with E-state index in [-0.39, 0.29) is 24.4 Å². The van der Waals surface area contributed by atoms with Gasteiger partial charge < -0.3 is 10.6 Å². The molecular formula is C7H14ClFN2O. The smallest absolute Gasteiger partial charge is 0.237 e. The van der Waals surface area contributed by atoms with Crippen molar-refractivity contribution in [3.63, 3.8) is 0 Å². The van der Waals surface area contributed by atoms with Crippen LogP contribution in [0.4, 0.5) is 4.39 Å². The third kappa shape index (κ3) is 2.95. The Kier molecular flexibility index (Phi) is 5.17. The molecule has 72 valence electrons. The fraction of sp³-hybridized carbons (Fsp3) is 0.857. The molecule has 3 nitrogen and oxygen atoms in total. The highest BCUT2D eigenvalue weighted by molar-refractivity contribution is 5.85. The van der Waals surface area contributed by atoms with Crippen LogP contribution in [0, 0.1) is 0 Å². The Labute approximate surface area is 77.5 Å². The van der Waals surface area contributed by atoms with E-state index in [2.05, 4.69) is 10.6 Å². The summed E-state index contributed by atoms with van der Waals surface area (Å²) in [6.45, 7) is 2.76. The van der Waals surface area contributed by atoms with Gasteiger partial charge in [0.25, 0.3) is 0 Å². The SMILES string of the molecule is CCNC(=O)[C@H]1C[C@H](F)CN1.Cl. The lowest BCUT2D eigenvalue weighted by atomic mass is 10.2. The third-order valence-corrected chi connectivity index (χ3v) is 1.74. The predicted octanol–water partition coefficient (Wildman–Crippen LogP) is 0.244. The number of likely N-dealkylation sites (N-methyl/N-ethyl adjacent to an activating group) is 1. The molecule has 1 fully saturated rings. The highest BCUT2D eigenvalue weighted by Crippen LogP contribution is 2.09. The Bertz CT molecular complexity index is 156. The fourth-order valence-electron chi connectivity index (χ4n) is 1.19. The number of carbonyl (C=O) groups excluding carboxylic acids is 1. The van der Waals surface area contributed by atoms with Crippen LogP contribution < -0.4 is 10.6 Å². The van der Waals surface area contributed by atoms with Gasteiger partial charge in [-0.05, 0) is 6.92 Å². The lowest BCUT2D eigenvalue weighted by Gasteiger charge is -2.08. The molecule has 2 N–H and O–H groups in total. The first kappa shape index (κ1) is 11.6. The highest BCUT2D eigenvalue weighted by atomic mass is 35.5. The minimum absolute atomic E-state index is 0. The number of alkyl halides is 1. The minimum Gasteiger partial charge on any atom is -0.355 e. The second-order valence-electron chi connectivity index (χ2n) is 2.69. The number of amides is 1. The number of nitrogens with one attached hydrogen (secondary N) is 2. The summed E-state index contributed by atoms with van der Waals surface area (Å²) in [5, 5.41) is 5.44. The minimum atomic E-state index is -0.859. The van der Waals surface area contributed by atoms with Crippen LogP contribution >= 0.6 is 12.4 Å². The van der Waals surface area contributed by atoms with Crippen molar-refractivity contribution in [1.29, 1.82) is 0 Å². The van der Waals surface area contributed by atoms with E-state index >= 15 is 0 Å². The van der Waals surface area contributed by atoms with Gasteiger partial charge in [-0.2, -0.15) is 0 Å². The van der Waals surface area contributed by atoms with E-state index < -0.39 is 6.17 Å². The van der Waals surface area contributed by atoms with E-state index in [0.29, 0.717) is 19.5 Å². The zero-order chi connectivity index (χ0) is 8.27. The fourth-order valence-corrected chi connectivity index (χ4v) is 1.19. The van der Waals surface area contributed by atoms with Crippen molar-refractivity contribution in [1.82, 2.24) is 10.6 Å². The van der Waals surface area contributed by atoms with Crippen LogP contribution in [0.5, 0.6) is 0 Å². The maximum absolute atomic E-state index is 12.5. The normalized spacial score (nSPS) is 27.8. The topological polar surface area (TPSA) is 41.1 Å². The number of carbonyl (C=O) groups is 1. The second-order valence-corrected chi connectivity index (χ2v) is 2.69. The predicted molar refractivity (Wildman–Crippen MR) is 47.2 cm³/mol. The second kappa shape index (κ2) is 5.32. The van der Waals surface area contributed by atoms with Crippen LogP contribution in [-0.2, 0) is 4.79 Å². The molecule has 2 atom stereocenters. The van der Waals surface area contributed by atoms with Crippen molar-refractivity contribution >= 4 is 18.3 Å². The van der Waals surface area contributed by atoms with E-state index in [0.717, 1.165) is 0 Å². The molecule has 0 aromatic rings. The molecule has 0 bridgehead atoms. The Morgan fingerprint density at radius 3 is 2.83 bits per heavy atom. The van der Waals surface area contributed by atoms with Gasteiger partial charge in [-0.15, -0.1) is 12.4 Å². The molecule has 0 spiro atoms. The van der Waals surface area contributed by atoms with Gasteiger partial charge in [0.15, 0.2) is 0 Å². The van der Waals surface area contributed by atoms with Gasteiger partial charge in [0.05, 0.1) is 6.04 Å². The standard InChI is InChI=1S/C7H13FN2O.ClH/c1-2-9-7(11)6-3-5(8)4-10-6;/h5-6,10H,2-4H2,1H3,(H,9,11);1H/t5-,6+;/m0./s1. The maximum Gasteiger partial charge on any atom is 0.237 e. The van der Waals surface area contributed by atoms with E-state index in [4.69, 9.17) is 0 Å². The molecule has 1 saturated heterocycles. The van der Waals surface area contributed by atoms with Gasteiger partial charge in [0, 0.05) is 19.5 Å². The van der Waals surface area contributed by atoms with Crippen LogP contribution in [0.2, 0.25) is 0 Å². The van der Waals surface area contributed by atoms with E-state index in [1.807, 2.05) is 6.92 Å². The molecule has 0 aromatic heterocycles. The van der Waals surface area contributed by atoms with Crippen LogP contribution in [-0.4, -0.2) is 31.2 Å². The lowest BCUT2D eigenvalue weighted by Crippen LogP contribution is -2.40. The molecule has 0 radical (unpaired) electrons. The van der Waals surface area contributed by atoms with E-state index in [9.17, 15) is 9.18 Å². The molecule has 5 heteroatoms. The van der Waals surface area contributed by atoms with Gasteiger partial charge in [0.1, 0.15) is 6.17 Å². The zero-order valence-electron chi connectivity index (χ0n) is 6.97. The van der Waals surface area contributed by atoms with Crippen LogP contribution in [0.1, 0.15) is 13.3 Å². The number of hydrogen-bond donors (Lipinski definition) is 2. The summed E-state index contributed by atoms with van der Waals surface area (Å²) in [5.41, 5.74) is 0. The van der Waals surface area contributed by atoms with Gasteiger partial charge in [-0.3, -0.25) is 4.79 Å². The first-order valence-electron chi connectivity index (χ1n) is 3.89. The van der Waals surface area contributed by atoms with Gasteiger partial charge in [-0.25, -0.2) is 4.39 Å². The summed E-state index contributed by atoms with van der Waals surface area (Å²) < 4.78 is 12.5. The Morgan fingerprint density at radius 2 is 2.42 bits per heavy atom. The lowest BCUT2D eigenvalue weighted by molar-refractivity contribution is -0.122. The molecule has 1 rings (SSSR count). The highest BCUT2D eigenvalue weighted by Gasteiger charge is 2.28. The number of rotatable bonds is 2. The first-order chi connectivity index (χ1) is 5.24. The molecule has 1 aliphatic heterocycles. The summed E-state index contributed by atoms with van der Waals surface area (Å²) in [6, 6.07) is -0.315. The summed E-state index contributed by atoms with van der Waals surface area (Å²) in [7, 11) is 0. The summed E-state index contributed by atoms with van der Waals surface area (Å²) >= 11 is 0.